The van der Waals surface area contributed by atoms with E-state index in [2.05, 4.69) is 15.5 Å². The van der Waals surface area contributed by atoms with E-state index in [4.69, 9.17) is 4.74 Å². The third kappa shape index (κ3) is 4.49. The fourth-order valence-corrected chi connectivity index (χ4v) is 3.49. The van der Waals surface area contributed by atoms with Crippen LogP contribution in [0, 0.1) is 13.8 Å². The number of carbonyl (C=O) groups excluding carboxylic acids is 1. The van der Waals surface area contributed by atoms with Crippen LogP contribution >= 0.6 is 11.8 Å². The number of anilines is 1. The number of benzene rings is 2. The van der Waals surface area contributed by atoms with E-state index in [0.717, 1.165) is 17.1 Å². The molecule has 6 nitrogen and oxygen atoms in total. The lowest BCUT2D eigenvalue weighted by Crippen LogP contribution is -2.15. The smallest absolute Gasteiger partial charge is 0.234 e. The van der Waals surface area contributed by atoms with E-state index in [1.54, 1.807) is 0 Å². The maximum absolute atomic E-state index is 12.4. The first-order valence-corrected chi connectivity index (χ1v) is 9.71. The normalized spacial score (nSPS) is 10.6. The molecule has 7 heteroatoms. The van der Waals surface area contributed by atoms with Crippen LogP contribution in [0.5, 0.6) is 5.75 Å². The minimum absolute atomic E-state index is 0.121. The Balaban J connectivity index is 1.71. The molecule has 1 N–H and O–H groups in total. The predicted octanol–water partition coefficient (Wildman–Crippen LogP) is 4.01. The van der Waals surface area contributed by atoms with Crippen LogP contribution in [0.3, 0.4) is 0 Å². The average molecular weight is 382 g/mol. The van der Waals surface area contributed by atoms with Gasteiger partial charge in [-0.1, -0.05) is 42.1 Å². The van der Waals surface area contributed by atoms with E-state index in [1.165, 1.54) is 11.8 Å². The van der Waals surface area contributed by atoms with Crippen LogP contribution in [0.15, 0.2) is 53.7 Å². The van der Waals surface area contributed by atoms with Crippen molar-refractivity contribution >= 4 is 23.4 Å². The molecule has 0 unspecified atom stereocenters. The predicted molar refractivity (Wildman–Crippen MR) is 108 cm³/mol. The van der Waals surface area contributed by atoms with Gasteiger partial charge in [0.05, 0.1) is 23.7 Å². The number of aromatic nitrogens is 3. The van der Waals surface area contributed by atoms with Gasteiger partial charge in [-0.15, -0.1) is 10.2 Å². The molecule has 0 radical (unpaired) electrons. The number of thioether (sulfide) groups is 1. The maximum Gasteiger partial charge on any atom is 0.234 e. The molecule has 0 aliphatic rings. The fraction of sp³-hybridized carbons (Fsp3) is 0.250. The van der Waals surface area contributed by atoms with Crippen molar-refractivity contribution in [3.8, 4) is 11.4 Å². The third-order valence-corrected chi connectivity index (χ3v) is 4.87. The number of ether oxygens (including phenoxy) is 1. The molecule has 2 aromatic carbocycles. The van der Waals surface area contributed by atoms with Crippen molar-refractivity contribution in [1.29, 1.82) is 0 Å². The van der Waals surface area contributed by atoms with Gasteiger partial charge in [-0.25, -0.2) is 0 Å². The Labute approximate surface area is 163 Å². The molecule has 3 rings (SSSR count). The standard InChI is InChI=1S/C20H22N4O2S/c1-4-26-18-12-8-6-10-16(18)21-19(25)13-27-20-23-22-15(3)24(20)17-11-7-5-9-14(17)2/h5-12H,4,13H2,1-3H3,(H,21,25). The number of amides is 1. The van der Waals surface area contributed by atoms with Gasteiger partial charge >= 0.3 is 0 Å². The van der Waals surface area contributed by atoms with Crippen molar-refractivity contribution in [3.05, 3.63) is 59.9 Å². The van der Waals surface area contributed by atoms with Crippen molar-refractivity contribution in [2.45, 2.75) is 25.9 Å². The zero-order valence-corrected chi connectivity index (χ0v) is 16.4. The SMILES string of the molecule is CCOc1ccccc1NC(=O)CSc1nnc(C)n1-c1ccccc1C. The Morgan fingerprint density at radius 3 is 2.63 bits per heavy atom. The molecule has 27 heavy (non-hydrogen) atoms. The Hall–Kier alpha value is -2.80. The number of aryl methyl sites for hydroxylation is 2. The maximum atomic E-state index is 12.4. The number of carbonyl (C=O) groups is 1. The molecule has 0 bridgehead atoms. The Morgan fingerprint density at radius 1 is 1.11 bits per heavy atom. The van der Waals surface area contributed by atoms with Crippen molar-refractivity contribution in [1.82, 2.24) is 14.8 Å². The second-order valence-corrected chi connectivity index (χ2v) is 6.86. The van der Waals surface area contributed by atoms with E-state index < -0.39 is 0 Å². The molecule has 0 saturated heterocycles. The molecule has 0 aliphatic heterocycles. The fourth-order valence-electron chi connectivity index (χ4n) is 2.70. The van der Waals surface area contributed by atoms with Gasteiger partial charge in [0, 0.05) is 0 Å². The minimum Gasteiger partial charge on any atom is -0.492 e. The van der Waals surface area contributed by atoms with Gasteiger partial charge < -0.3 is 10.1 Å². The highest BCUT2D eigenvalue weighted by Gasteiger charge is 2.15. The zero-order valence-electron chi connectivity index (χ0n) is 15.6. The highest BCUT2D eigenvalue weighted by atomic mass is 32.2. The van der Waals surface area contributed by atoms with E-state index in [-0.39, 0.29) is 11.7 Å². The van der Waals surface area contributed by atoms with E-state index >= 15 is 0 Å². The van der Waals surface area contributed by atoms with Crippen LogP contribution in [-0.2, 0) is 4.79 Å². The Kier molecular flexibility index (Phi) is 6.13. The zero-order chi connectivity index (χ0) is 19.2. The van der Waals surface area contributed by atoms with E-state index in [9.17, 15) is 4.79 Å². The van der Waals surface area contributed by atoms with Crippen LogP contribution in [0.1, 0.15) is 18.3 Å². The van der Waals surface area contributed by atoms with Gasteiger partial charge in [0.1, 0.15) is 11.6 Å². The van der Waals surface area contributed by atoms with Crippen molar-refractivity contribution in [2.75, 3.05) is 17.7 Å². The topological polar surface area (TPSA) is 69.0 Å². The summed E-state index contributed by atoms with van der Waals surface area (Å²) in [5, 5.41) is 12.0. The number of para-hydroxylation sites is 3. The Bertz CT molecular complexity index is 939. The lowest BCUT2D eigenvalue weighted by molar-refractivity contribution is -0.113. The monoisotopic (exact) mass is 382 g/mol. The summed E-state index contributed by atoms with van der Waals surface area (Å²) in [6.07, 6.45) is 0. The summed E-state index contributed by atoms with van der Waals surface area (Å²) in [5.41, 5.74) is 2.81. The van der Waals surface area contributed by atoms with Crippen LogP contribution in [0.2, 0.25) is 0 Å². The van der Waals surface area contributed by atoms with Crippen LogP contribution < -0.4 is 10.1 Å². The van der Waals surface area contributed by atoms with E-state index in [0.29, 0.717) is 23.2 Å². The summed E-state index contributed by atoms with van der Waals surface area (Å²) in [7, 11) is 0. The summed E-state index contributed by atoms with van der Waals surface area (Å²) in [6, 6.07) is 15.4. The van der Waals surface area contributed by atoms with Gasteiger partial charge in [-0.05, 0) is 44.5 Å². The number of hydrogen-bond acceptors (Lipinski definition) is 5. The van der Waals surface area contributed by atoms with Crippen LogP contribution in [-0.4, -0.2) is 33.0 Å². The molecule has 0 aliphatic carbocycles. The van der Waals surface area contributed by atoms with Crippen LogP contribution in [0.25, 0.3) is 5.69 Å². The summed E-state index contributed by atoms with van der Waals surface area (Å²) >= 11 is 1.35. The number of hydrogen-bond donors (Lipinski definition) is 1. The van der Waals surface area contributed by atoms with Crippen molar-refractivity contribution in [3.63, 3.8) is 0 Å². The number of nitrogens with zero attached hydrogens (tertiary/aromatic N) is 3. The highest BCUT2D eigenvalue weighted by Crippen LogP contribution is 2.26. The molecule has 0 fully saturated rings. The quantitative estimate of drug-likeness (QED) is 0.625. The summed E-state index contributed by atoms with van der Waals surface area (Å²) in [6.45, 7) is 6.40. The molecule has 3 aromatic rings. The molecule has 0 spiro atoms. The summed E-state index contributed by atoms with van der Waals surface area (Å²) in [5.74, 6) is 1.56. The van der Waals surface area contributed by atoms with Gasteiger partial charge in [0.25, 0.3) is 0 Å². The van der Waals surface area contributed by atoms with Crippen molar-refractivity contribution in [2.24, 2.45) is 0 Å². The van der Waals surface area contributed by atoms with Gasteiger partial charge in [0.2, 0.25) is 5.91 Å². The first kappa shape index (κ1) is 19.0. The van der Waals surface area contributed by atoms with Gasteiger partial charge in [-0.2, -0.15) is 0 Å². The van der Waals surface area contributed by atoms with E-state index in [1.807, 2.05) is 73.9 Å². The lowest BCUT2D eigenvalue weighted by atomic mass is 10.2. The van der Waals surface area contributed by atoms with Gasteiger partial charge in [0.15, 0.2) is 5.16 Å². The molecule has 140 valence electrons. The number of nitrogens with one attached hydrogen (secondary N) is 1. The lowest BCUT2D eigenvalue weighted by Gasteiger charge is -2.12. The third-order valence-electron chi connectivity index (χ3n) is 3.94. The second-order valence-electron chi connectivity index (χ2n) is 5.92. The number of rotatable bonds is 7. The molecule has 0 saturated carbocycles. The van der Waals surface area contributed by atoms with Crippen molar-refractivity contribution < 1.29 is 9.53 Å². The summed E-state index contributed by atoms with van der Waals surface area (Å²) < 4.78 is 7.52. The largest absolute Gasteiger partial charge is 0.492 e. The molecule has 1 aromatic heterocycles. The molecular weight excluding hydrogens is 360 g/mol. The first-order valence-electron chi connectivity index (χ1n) is 8.72. The highest BCUT2D eigenvalue weighted by molar-refractivity contribution is 7.99. The molecule has 0 atom stereocenters. The second kappa shape index (κ2) is 8.73. The molecule has 1 amide bonds. The Morgan fingerprint density at radius 2 is 1.85 bits per heavy atom. The summed E-state index contributed by atoms with van der Waals surface area (Å²) in [4.78, 5) is 12.4. The van der Waals surface area contributed by atoms with Gasteiger partial charge in [-0.3, -0.25) is 9.36 Å². The molecule has 1 heterocycles. The first-order chi connectivity index (χ1) is 13.1. The minimum atomic E-state index is -0.121. The van der Waals surface area contributed by atoms with Crippen LogP contribution in [0.4, 0.5) is 5.69 Å². The molecular formula is C20H22N4O2S. The average Bonchev–Trinajstić information content (AvgIpc) is 3.03.